The summed E-state index contributed by atoms with van der Waals surface area (Å²) in [6.45, 7) is 3.93. The molecule has 3 aromatic rings. The smallest absolute Gasteiger partial charge is 0.373 e. The molecule has 8 nitrogen and oxygen atoms in total. The van der Waals surface area contributed by atoms with Crippen LogP contribution in [0.5, 0.6) is 11.5 Å². The molecule has 0 fully saturated rings. The average Bonchev–Trinajstić information content (AvgIpc) is 3.29. The number of nitrogens with zero attached hydrogens (tertiary/aromatic N) is 1. The first-order chi connectivity index (χ1) is 16.3. The van der Waals surface area contributed by atoms with Crippen LogP contribution in [0.15, 0.2) is 58.5 Å². The van der Waals surface area contributed by atoms with Gasteiger partial charge in [-0.25, -0.2) is 4.79 Å². The van der Waals surface area contributed by atoms with Crippen molar-refractivity contribution in [2.24, 2.45) is 0 Å². The Labute approximate surface area is 197 Å². The lowest BCUT2D eigenvalue weighted by Gasteiger charge is -2.11. The van der Waals surface area contributed by atoms with Crippen molar-refractivity contribution in [2.45, 2.75) is 20.5 Å². The maximum absolute atomic E-state index is 12.6. The number of rotatable bonds is 8. The highest BCUT2D eigenvalue weighted by Gasteiger charge is 2.14. The van der Waals surface area contributed by atoms with Crippen LogP contribution in [0.1, 0.15) is 33.0 Å². The number of esters is 1. The number of carbonyl (C=O) groups is 2. The SMILES string of the molecule is COC(=O)c1ccc(COc2ccc(/C=C(\C#N)C(=O)Nc3cc(C)cc(C)c3)cc2OC)o1. The number of furan rings is 1. The Balaban J connectivity index is 1.73. The van der Waals surface area contributed by atoms with Crippen molar-refractivity contribution in [1.82, 2.24) is 0 Å². The highest BCUT2D eigenvalue weighted by atomic mass is 16.5. The Hall–Kier alpha value is -4.51. The number of benzene rings is 2. The van der Waals surface area contributed by atoms with Crippen molar-refractivity contribution in [3.05, 3.63) is 82.3 Å². The molecule has 0 radical (unpaired) electrons. The molecule has 1 heterocycles. The zero-order chi connectivity index (χ0) is 24.7. The standard InChI is InChI=1S/C26H24N2O6/c1-16-9-17(2)11-20(10-16)28-25(29)19(14-27)12-18-5-7-22(24(13-18)31-3)33-15-21-6-8-23(34-21)26(30)32-4/h5-13H,15H2,1-4H3,(H,28,29)/b19-12+. The van der Waals surface area contributed by atoms with E-state index in [1.54, 1.807) is 24.3 Å². The molecular weight excluding hydrogens is 436 g/mol. The molecule has 3 rings (SSSR count). The number of carbonyl (C=O) groups excluding carboxylic acids is 2. The van der Waals surface area contributed by atoms with E-state index >= 15 is 0 Å². The number of aryl methyl sites for hydroxylation is 2. The van der Waals surface area contributed by atoms with Gasteiger partial charge in [0, 0.05) is 5.69 Å². The van der Waals surface area contributed by atoms with Crippen LogP contribution in [-0.4, -0.2) is 26.1 Å². The molecule has 0 bridgehead atoms. The third-order valence-electron chi connectivity index (χ3n) is 4.76. The Kier molecular flexibility index (Phi) is 7.72. The van der Waals surface area contributed by atoms with Gasteiger partial charge in [0.05, 0.1) is 14.2 Å². The lowest BCUT2D eigenvalue weighted by atomic mass is 10.1. The van der Waals surface area contributed by atoms with Crippen molar-refractivity contribution in [2.75, 3.05) is 19.5 Å². The highest BCUT2D eigenvalue weighted by molar-refractivity contribution is 6.09. The predicted molar refractivity (Wildman–Crippen MR) is 126 cm³/mol. The van der Waals surface area contributed by atoms with Crippen LogP contribution in [0.2, 0.25) is 0 Å². The van der Waals surface area contributed by atoms with Gasteiger partial charge in [-0.15, -0.1) is 0 Å². The van der Waals surface area contributed by atoms with Crippen LogP contribution in [0.4, 0.5) is 5.69 Å². The summed E-state index contributed by atoms with van der Waals surface area (Å²) in [4.78, 5) is 24.1. The number of hydrogen-bond acceptors (Lipinski definition) is 7. The van der Waals surface area contributed by atoms with Crippen LogP contribution >= 0.6 is 0 Å². The van der Waals surface area contributed by atoms with Crippen LogP contribution in [0.3, 0.4) is 0 Å². The van der Waals surface area contributed by atoms with Crippen molar-refractivity contribution in [1.29, 1.82) is 5.26 Å². The molecule has 34 heavy (non-hydrogen) atoms. The molecule has 0 saturated heterocycles. The molecule has 1 amide bonds. The first kappa shape index (κ1) is 24.1. The van der Waals surface area contributed by atoms with Crippen LogP contribution < -0.4 is 14.8 Å². The molecule has 8 heteroatoms. The van der Waals surface area contributed by atoms with Crippen LogP contribution in [-0.2, 0) is 16.1 Å². The normalized spacial score (nSPS) is 10.9. The highest BCUT2D eigenvalue weighted by Crippen LogP contribution is 2.30. The Morgan fingerprint density at radius 2 is 1.76 bits per heavy atom. The molecule has 0 unspecified atom stereocenters. The summed E-state index contributed by atoms with van der Waals surface area (Å²) < 4.78 is 21.1. The molecule has 1 N–H and O–H groups in total. The number of amides is 1. The van der Waals surface area contributed by atoms with E-state index in [-0.39, 0.29) is 17.9 Å². The molecule has 0 aliphatic heterocycles. The zero-order valence-corrected chi connectivity index (χ0v) is 19.3. The van der Waals surface area contributed by atoms with Gasteiger partial charge < -0.3 is 23.9 Å². The first-order valence-electron chi connectivity index (χ1n) is 10.3. The van der Waals surface area contributed by atoms with E-state index in [1.165, 1.54) is 26.4 Å². The second-order valence-corrected chi connectivity index (χ2v) is 7.46. The zero-order valence-electron chi connectivity index (χ0n) is 19.3. The average molecular weight is 460 g/mol. The van der Waals surface area contributed by atoms with Gasteiger partial charge in [-0.3, -0.25) is 4.79 Å². The number of nitrogens with one attached hydrogen (secondary N) is 1. The summed E-state index contributed by atoms with van der Waals surface area (Å²) in [5.41, 5.74) is 3.17. The van der Waals surface area contributed by atoms with E-state index in [0.29, 0.717) is 28.5 Å². The molecule has 0 aliphatic carbocycles. The Bertz CT molecular complexity index is 1260. The molecule has 1 aromatic heterocycles. The quantitative estimate of drug-likeness (QED) is 0.292. The number of nitriles is 1. The summed E-state index contributed by atoms with van der Waals surface area (Å²) in [5.74, 6) is 0.258. The largest absolute Gasteiger partial charge is 0.493 e. The molecule has 0 atom stereocenters. The number of hydrogen-bond donors (Lipinski definition) is 1. The fourth-order valence-corrected chi connectivity index (χ4v) is 3.27. The van der Waals surface area contributed by atoms with E-state index in [9.17, 15) is 14.9 Å². The van der Waals surface area contributed by atoms with Crippen LogP contribution in [0, 0.1) is 25.2 Å². The lowest BCUT2D eigenvalue weighted by Crippen LogP contribution is -2.13. The monoisotopic (exact) mass is 460 g/mol. The Morgan fingerprint density at radius 1 is 1.03 bits per heavy atom. The molecule has 0 saturated carbocycles. The minimum atomic E-state index is -0.574. The second kappa shape index (κ2) is 10.9. The maximum atomic E-state index is 12.6. The van der Waals surface area contributed by atoms with Gasteiger partial charge in [-0.2, -0.15) is 5.26 Å². The van der Waals surface area contributed by atoms with Gasteiger partial charge in [0.1, 0.15) is 24.0 Å². The van der Waals surface area contributed by atoms with Crippen LogP contribution in [0.25, 0.3) is 6.08 Å². The topological polar surface area (TPSA) is 111 Å². The predicted octanol–water partition coefficient (Wildman–Crippen LogP) is 4.82. The second-order valence-electron chi connectivity index (χ2n) is 7.46. The molecule has 174 valence electrons. The molecule has 0 aliphatic rings. The third kappa shape index (κ3) is 6.04. The minimum absolute atomic E-state index is 0.0548. The summed E-state index contributed by atoms with van der Waals surface area (Å²) in [6, 6.07) is 15.7. The third-order valence-corrected chi connectivity index (χ3v) is 4.76. The van der Waals surface area contributed by atoms with Crippen molar-refractivity contribution in [3.8, 4) is 17.6 Å². The summed E-state index contributed by atoms with van der Waals surface area (Å²) in [7, 11) is 2.75. The van der Waals surface area contributed by atoms with Gasteiger partial charge >= 0.3 is 5.97 Å². The van der Waals surface area contributed by atoms with Gasteiger partial charge in [-0.05, 0) is 73.0 Å². The Morgan fingerprint density at radius 3 is 2.41 bits per heavy atom. The molecule has 0 spiro atoms. The van der Waals surface area contributed by atoms with Gasteiger partial charge in [0.15, 0.2) is 11.5 Å². The fourth-order valence-electron chi connectivity index (χ4n) is 3.27. The van der Waals surface area contributed by atoms with E-state index in [1.807, 2.05) is 38.1 Å². The van der Waals surface area contributed by atoms with Crippen molar-refractivity contribution >= 4 is 23.6 Å². The summed E-state index contributed by atoms with van der Waals surface area (Å²) >= 11 is 0. The van der Waals surface area contributed by atoms with Crippen molar-refractivity contribution < 1.29 is 28.2 Å². The van der Waals surface area contributed by atoms with E-state index < -0.39 is 11.9 Å². The summed E-state index contributed by atoms with van der Waals surface area (Å²) in [5, 5.41) is 12.3. The van der Waals surface area contributed by atoms with Gasteiger partial charge in [0.25, 0.3) is 5.91 Å². The van der Waals surface area contributed by atoms with Gasteiger partial charge in [-0.1, -0.05) is 12.1 Å². The summed E-state index contributed by atoms with van der Waals surface area (Å²) in [6.07, 6.45) is 1.47. The van der Waals surface area contributed by atoms with E-state index in [0.717, 1.165) is 11.1 Å². The molecule has 2 aromatic carbocycles. The molecular formula is C26H24N2O6. The van der Waals surface area contributed by atoms with Crippen molar-refractivity contribution in [3.63, 3.8) is 0 Å². The number of methoxy groups -OCH3 is 2. The maximum Gasteiger partial charge on any atom is 0.373 e. The van der Waals surface area contributed by atoms with E-state index in [2.05, 4.69) is 10.1 Å². The number of ether oxygens (including phenoxy) is 3. The van der Waals surface area contributed by atoms with Gasteiger partial charge in [0.2, 0.25) is 5.76 Å². The lowest BCUT2D eigenvalue weighted by molar-refractivity contribution is -0.112. The first-order valence-corrected chi connectivity index (χ1v) is 10.3. The fraction of sp³-hybridized carbons (Fsp3) is 0.192. The number of anilines is 1. The minimum Gasteiger partial charge on any atom is -0.493 e. The van der Waals surface area contributed by atoms with E-state index in [4.69, 9.17) is 13.9 Å².